The molecule has 0 atom stereocenters. The van der Waals surface area contributed by atoms with Crippen LogP contribution in [0, 0.1) is 11.6 Å². The predicted octanol–water partition coefficient (Wildman–Crippen LogP) is 3.36. The number of ether oxygens (including phenoxy) is 1. The number of methoxy groups -OCH3 is 1. The zero-order valence-electron chi connectivity index (χ0n) is 11.5. The van der Waals surface area contributed by atoms with E-state index in [1.54, 1.807) is 0 Å². The zero-order chi connectivity index (χ0) is 15.7. The van der Waals surface area contributed by atoms with E-state index in [9.17, 15) is 13.6 Å². The van der Waals surface area contributed by atoms with Crippen LogP contribution in [0.4, 0.5) is 8.78 Å². The molecule has 3 rings (SSSR count). The third kappa shape index (κ3) is 2.28. The van der Waals surface area contributed by atoms with Crippen LogP contribution >= 0.6 is 0 Å². The van der Waals surface area contributed by atoms with Crippen LogP contribution in [-0.2, 0) is 4.74 Å². The molecular formula is C16H10F2N2O2. The summed E-state index contributed by atoms with van der Waals surface area (Å²) in [5.41, 5.74) is 0.655. The van der Waals surface area contributed by atoms with Crippen LogP contribution in [0.1, 0.15) is 10.4 Å². The van der Waals surface area contributed by atoms with Crippen molar-refractivity contribution in [2.45, 2.75) is 0 Å². The number of esters is 1. The van der Waals surface area contributed by atoms with Gasteiger partial charge in [0.25, 0.3) is 0 Å². The van der Waals surface area contributed by atoms with E-state index in [-0.39, 0.29) is 22.2 Å². The van der Waals surface area contributed by atoms with Gasteiger partial charge in [-0.05, 0) is 18.2 Å². The fourth-order valence-electron chi connectivity index (χ4n) is 2.24. The summed E-state index contributed by atoms with van der Waals surface area (Å²) in [5, 5.41) is 0.571. The normalized spacial score (nSPS) is 10.7. The van der Waals surface area contributed by atoms with Crippen molar-refractivity contribution in [1.29, 1.82) is 0 Å². The van der Waals surface area contributed by atoms with Gasteiger partial charge in [-0.25, -0.2) is 13.6 Å². The van der Waals surface area contributed by atoms with Crippen LogP contribution < -0.4 is 0 Å². The number of nitrogens with zero attached hydrogens (tertiary/aromatic N) is 2. The number of benzene rings is 1. The van der Waals surface area contributed by atoms with Gasteiger partial charge in [0.05, 0.1) is 30.8 Å². The summed E-state index contributed by atoms with van der Waals surface area (Å²) in [7, 11) is 1.25. The Bertz CT molecular complexity index is 881. The van der Waals surface area contributed by atoms with Crippen LogP contribution in [0.5, 0.6) is 0 Å². The fourth-order valence-corrected chi connectivity index (χ4v) is 2.24. The molecule has 0 radical (unpaired) electrons. The number of pyridine rings is 2. The maximum Gasteiger partial charge on any atom is 0.337 e. The van der Waals surface area contributed by atoms with E-state index in [0.29, 0.717) is 5.39 Å². The molecule has 2 heterocycles. The molecule has 0 spiro atoms. The number of hydrogen-bond acceptors (Lipinski definition) is 4. The first-order chi connectivity index (χ1) is 10.6. The molecule has 2 aromatic heterocycles. The lowest BCUT2D eigenvalue weighted by Gasteiger charge is -2.09. The highest BCUT2D eigenvalue weighted by Gasteiger charge is 2.15. The van der Waals surface area contributed by atoms with Gasteiger partial charge in [-0.1, -0.05) is 6.07 Å². The van der Waals surface area contributed by atoms with Crippen molar-refractivity contribution in [3.8, 4) is 11.3 Å². The minimum Gasteiger partial charge on any atom is -0.465 e. The van der Waals surface area contributed by atoms with E-state index < -0.39 is 17.6 Å². The van der Waals surface area contributed by atoms with Gasteiger partial charge in [0.2, 0.25) is 0 Å². The topological polar surface area (TPSA) is 52.1 Å². The summed E-state index contributed by atoms with van der Waals surface area (Å²) in [6.45, 7) is 0. The molecule has 0 saturated heterocycles. The first kappa shape index (κ1) is 14.1. The van der Waals surface area contributed by atoms with Crippen molar-refractivity contribution in [3.63, 3.8) is 0 Å². The minimum atomic E-state index is -0.577. The lowest BCUT2D eigenvalue weighted by Crippen LogP contribution is -2.02. The Kier molecular flexibility index (Phi) is 3.50. The molecule has 110 valence electrons. The summed E-state index contributed by atoms with van der Waals surface area (Å²) < 4.78 is 32.5. The quantitative estimate of drug-likeness (QED) is 0.681. The Morgan fingerprint density at radius 1 is 1.09 bits per heavy atom. The van der Waals surface area contributed by atoms with E-state index in [4.69, 9.17) is 0 Å². The second kappa shape index (κ2) is 5.48. The molecule has 0 fully saturated rings. The molecule has 0 aliphatic carbocycles. The zero-order valence-corrected chi connectivity index (χ0v) is 11.5. The van der Waals surface area contributed by atoms with E-state index in [1.165, 1.54) is 37.6 Å². The number of hydrogen-bond donors (Lipinski definition) is 0. The molecule has 0 aliphatic rings. The van der Waals surface area contributed by atoms with Crippen LogP contribution in [0.2, 0.25) is 0 Å². The van der Waals surface area contributed by atoms with E-state index >= 15 is 0 Å². The summed E-state index contributed by atoms with van der Waals surface area (Å²) in [6.07, 6.45) is 3.49. The average molecular weight is 300 g/mol. The van der Waals surface area contributed by atoms with Gasteiger partial charge in [0.1, 0.15) is 5.82 Å². The molecule has 0 bridgehead atoms. The molecule has 3 aromatic rings. The number of halogens is 2. The highest BCUT2D eigenvalue weighted by atomic mass is 19.1. The van der Waals surface area contributed by atoms with Crippen molar-refractivity contribution in [1.82, 2.24) is 9.97 Å². The average Bonchev–Trinajstić information content (AvgIpc) is 2.55. The highest BCUT2D eigenvalue weighted by Crippen LogP contribution is 2.30. The molecule has 0 unspecified atom stereocenters. The predicted molar refractivity (Wildman–Crippen MR) is 76.2 cm³/mol. The van der Waals surface area contributed by atoms with Crippen molar-refractivity contribution in [2.24, 2.45) is 0 Å². The SMILES string of the molecule is COC(=O)c1ccc2c(F)cnc(-c3ccncc3F)c2c1. The second-order valence-electron chi connectivity index (χ2n) is 4.56. The first-order valence-corrected chi connectivity index (χ1v) is 6.38. The fraction of sp³-hybridized carbons (Fsp3) is 0.0625. The van der Waals surface area contributed by atoms with Gasteiger partial charge in [-0.15, -0.1) is 0 Å². The molecular weight excluding hydrogens is 290 g/mol. The summed E-state index contributed by atoms with van der Waals surface area (Å²) in [4.78, 5) is 19.3. The third-order valence-corrected chi connectivity index (χ3v) is 3.29. The molecule has 1 aromatic carbocycles. The van der Waals surface area contributed by atoms with Gasteiger partial charge in [0, 0.05) is 22.5 Å². The molecule has 22 heavy (non-hydrogen) atoms. The van der Waals surface area contributed by atoms with Gasteiger partial charge in [0.15, 0.2) is 5.82 Å². The number of rotatable bonds is 2. The lowest BCUT2D eigenvalue weighted by molar-refractivity contribution is 0.0601. The smallest absolute Gasteiger partial charge is 0.337 e. The molecule has 0 saturated carbocycles. The van der Waals surface area contributed by atoms with Crippen molar-refractivity contribution < 1.29 is 18.3 Å². The Morgan fingerprint density at radius 2 is 1.91 bits per heavy atom. The first-order valence-electron chi connectivity index (χ1n) is 6.38. The third-order valence-electron chi connectivity index (χ3n) is 3.29. The van der Waals surface area contributed by atoms with Crippen LogP contribution in [0.15, 0.2) is 42.9 Å². The van der Waals surface area contributed by atoms with Crippen LogP contribution in [0.25, 0.3) is 22.0 Å². The van der Waals surface area contributed by atoms with Crippen LogP contribution in [-0.4, -0.2) is 23.0 Å². The molecule has 4 nitrogen and oxygen atoms in total. The Hall–Kier alpha value is -2.89. The van der Waals surface area contributed by atoms with Gasteiger partial charge >= 0.3 is 5.97 Å². The lowest BCUT2D eigenvalue weighted by atomic mass is 10.0. The van der Waals surface area contributed by atoms with E-state index in [1.807, 2.05) is 0 Å². The maximum atomic E-state index is 13.9. The molecule has 0 aliphatic heterocycles. The number of carbonyl (C=O) groups excluding carboxylic acids is 1. The number of carbonyl (C=O) groups is 1. The van der Waals surface area contributed by atoms with Crippen molar-refractivity contribution in [3.05, 3.63) is 60.1 Å². The number of aromatic nitrogens is 2. The van der Waals surface area contributed by atoms with Gasteiger partial charge < -0.3 is 4.74 Å². The Labute approximate surface area is 124 Å². The van der Waals surface area contributed by atoms with Gasteiger partial charge in [-0.3, -0.25) is 9.97 Å². The highest BCUT2D eigenvalue weighted by molar-refractivity contribution is 6.00. The van der Waals surface area contributed by atoms with E-state index in [2.05, 4.69) is 14.7 Å². The van der Waals surface area contributed by atoms with Crippen molar-refractivity contribution in [2.75, 3.05) is 7.11 Å². The van der Waals surface area contributed by atoms with Crippen LogP contribution in [0.3, 0.4) is 0 Å². The summed E-state index contributed by atoms with van der Waals surface area (Å²) in [5.74, 6) is -1.69. The Balaban J connectivity index is 2.33. The van der Waals surface area contributed by atoms with Crippen molar-refractivity contribution >= 4 is 16.7 Å². The largest absolute Gasteiger partial charge is 0.465 e. The minimum absolute atomic E-state index is 0.182. The second-order valence-corrected chi connectivity index (χ2v) is 4.56. The maximum absolute atomic E-state index is 13.9. The standard InChI is InChI=1S/C16H10F2N2O2/c1-22-16(21)9-2-3-10-12(6-9)15(20-8-14(10)18)11-4-5-19-7-13(11)17/h2-8H,1H3. The van der Waals surface area contributed by atoms with Gasteiger partial charge in [-0.2, -0.15) is 0 Å². The molecule has 6 heteroatoms. The summed E-state index contributed by atoms with van der Waals surface area (Å²) >= 11 is 0. The molecule has 0 amide bonds. The number of fused-ring (bicyclic) bond motifs is 1. The summed E-state index contributed by atoms with van der Waals surface area (Å²) in [6, 6.07) is 5.78. The van der Waals surface area contributed by atoms with E-state index in [0.717, 1.165) is 12.4 Å². The monoisotopic (exact) mass is 300 g/mol. The molecule has 0 N–H and O–H groups in total. The Morgan fingerprint density at radius 3 is 2.64 bits per heavy atom.